The third kappa shape index (κ3) is 3.26. The summed E-state index contributed by atoms with van der Waals surface area (Å²) in [5.74, 6) is -0.955. The third-order valence-corrected chi connectivity index (χ3v) is 5.65. The number of aromatic amines is 1. The number of aryl methyl sites for hydroxylation is 1. The fourth-order valence-corrected chi connectivity index (χ4v) is 4.24. The van der Waals surface area contributed by atoms with Crippen molar-refractivity contribution in [3.05, 3.63) is 11.4 Å². The second kappa shape index (κ2) is 5.76. The van der Waals surface area contributed by atoms with Gasteiger partial charge in [-0.1, -0.05) is 13.8 Å². The molecule has 118 valence electrons. The minimum absolute atomic E-state index is 0.00954. The van der Waals surface area contributed by atoms with Crippen LogP contribution in [-0.2, 0) is 10.0 Å². The summed E-state index contributed by atoms with van der Waals surface area (Å²) in [7, 11) is -3.84. The van der Waals surface area contributed by atoms with Crippen LogP contribution in [0.3, 0.4) is 0 Å². The molecule has 0 bridgehead atoms. The maximum atomic E-state index is 12.8. The molecule has 0 radical (unpaired) electrons. The molecule has 0 aliphatic heterocycles. The highest BCUT2D eigenvalue weighted by Crippen LogP contribution is 2.34. The quantitative estimate of drug-likeness (QED) is 0.795. The number of nitrogens with zero attached hydrogens (tertiary/aromatic N) is 2. The topological polar surface area (TPSA) is 103 Å². The number of carboxylic acid groups (broad SMARTS) is 1. The van der Waals surface area contributed by atoms with Crippen LogP contribution in [0.2, 0.25) is 0 Å². The van der Waals surface area contributed by atoms with Crippen molar-refractivity contribution in [3.8, 4) is 0 Å². The average Bonchev–Trinajstić information content (AvgIpc) is 3.10. The van der Waals surface area contributed by atoms with Crippen LogP contribution in [-0.4, -0.2) is 46.6 Å². The second-order valence-electron chi connectivity index (χ2n) is 5.86. The van der Waals surface area contributed by atoms with Crippen LogP contribution >= 0.6 is 0 Å². The second-order valence-corrected chi connectivity index (χ2v) is 7.69. The standard InChI is InChI=1S/C13H21N3O4S/c1-8(2)6-7-16(10-4-5-10)21(19,20)12-9(3)14-15-11(12)13(17)18/h8,10H,4-7H2,1-3H3,(H,14,15)(H,17,18). The Kier molecular flexibility index (Phi) is 4.38. The SMILES string of the molecule is Cc1[nH]nc(C(=O)O)c1S(=O)(=O)N(CCC(C)C)C1CC1. The summed E-state index contributed by atoms with van der Waals surface area (Å²) in [5, 5.41) is 15.2. The number of aromatic nitrogens is 2. The molecular formula is C13H21N3O4S. The van der Waals surface area contributed by atoms with Crippen molar-refractivity contribution in [2.24, 2.45) is 5.92 Å². The molecule has 0 amide bonds. The molecule has 1 fully saturated rings. The van der Waals surface area contributed by atoms with E-state index >= 15 is 0 Å². The van der Waals surface area contributed by atoms with Crippen LogP contribution in [0.15, 0.2) is 4.90 Å². The van der Waals surface area contributed by atoms with Crippen LogP contribution < -0.4 is 0 Å². The predicted octanol–water partition coefficient (Wildman–Crippen LogP) is 1.62. The summed E-state index contributed by atoms with van der Waals surface area (Å²) in [4.78, 5) is 11.0. The number of hydrogen-bond acceptors (Lipinski definition) is 4. The highest BCUT2D eigenvalue weighted by Gasteiger charge is 2.41. The Morgan fingerprint density at radius 3 is 2.57 bits per heavy atom. The van der Waals surface area contributed by atoms with E-state index in [0.717, 1.165) is 19.3 Å². The molecule has 0 spiro atoms. The molecule has 0 unspecified atom stereocenters. The molecule has 8 heteroatoms. The third-order valence-electron chi connectivity index (χ3n) is 3.54. The van der Waals surface area contributed by atoms with E-state index in [4.69, 9.17) is 5.11 Å². The number of nitrogens with one attached hydrogen (secondary N) is 1. The van der Waals surface area contributed by atoms with Crippen molar-refractivity contribution >= 4 is 16.0 Å². The number of carboxylic acids is 1. The number of aromatic carboxylic acids is 1. The molecule has 7 nitrogen and oxygen atoms in total. The molecule has 1 aliphatic rings. The van der Waals surface area contributed by atoms with Gasteiger partial charge >= 0.3 is 5.97 Å². The molecular weight excluding hydrogens is 294 g/mol. The molecule has 1 aliphatic carbocycles. The van der Waals surface area contributed by atoms with Gasteiger partial charge in [0.25, 0.3) is 0 Å². The lowest BCUT2D eigenvalue weighted by Crippen LogP contribution is -2.35. The van der Waals surface area contributed by atoms with Crippen molar-refractivity contribution in [2.45, 2.75) is 51.0 Å². The zero-order chi connectivity index (χ0) is 15.8. The number of H-pyrrole nitrogens is 1. The zero-order valence-electron chi connectivity index (χ0n) is 12.5. The zero-order valence-corrected chi connectivity index (χ0v) is 13.3. The highest BCUT2D eigenvalue weighted by molar-refractivity contribution is 7.89. The number of carbonyl (C=O) groups is 1. The minimum atomic E-state index is -3.84. The first-order valence-electron chi connectivity index (χ1n) is 7.05. The highest BCUT2D eigenvalue weighted by atomic mass is 32.2. The fraction of sp³-hybridized carbons (Fsp3) is 0.692. The molecule has 1 aromatic heterocycles. The number of hydrogen-bond donors (Lipinski definition) is 2. The van der Waals surface area contributed by atoms with Gasteiger partial charge in [-0.3, -0.25) is 5.10 Å². The molecule has 0 atom stereocenters. The summed E-state index contributed by atoms with van der Waals surface area (Å²) < 4.78 is 27.1. The van der Waals surface area contributed by atoms with Crippen LogP contribution in [0, 0.1) is 12.8 Å². The molecule has 21 heavy (non-hydrogen) atoms. The Morgan fingerprint density at radius 1 is 1.48 bits per heavy atom. The first-order valence-corrected chi connectivity index (χ1v) is 8.49. The molecule has 1 heterocycles. The van der Waals surface area contributed by atoms with Gasteiger partial charge in [-0.2, -0.15) is 9.40 Å². The first kappa shape index (κ1) is 16.0. The monoisotopic (exact) mass is 315 g/mol. The Hall–Kier alpha value is -1.41. The van der Waals surface area contributed by atoms with E-state index in [1.54, 1.807) is 0 Å². The number of sulfonamides is 1. The predicted molar refractivity (Wildman–Crippen MR) is 76.7 cm³/mol. The van der Waals surface area contributed by atoms with Crippen LogP contribution in [0.4, 0.5) is 0 Å². The van der Waals surface area contributed by atoms with E-state index in [0.29, 0.717) is 12.5 Å². The van der Waals surface area contributed by atoms with Gasteiger partial charge in [-0.25, -0.2) is 13.2 Å². The maximum absolute atomic E-state index is 12.8. The summed E-state index contributed by atoms with van der Waals surface area (Å²) in [6, 6.07) is -0.00954. The van der Waals surface area contributed by atoms with E-state index in [9.17, 15) is 13.2 Å². The van der Waals surface area contributed by atoms with Crippen LogP contribution in [0.1, 0.15) is 49.3 Å². The van der Waals surface area contributed by atoms with E-state index in [1.807, 2.05) is 13.8 Å². The van der Waals surface area contributed by atoms with Gasteiger partial charge in [-0.05, 0) is 32.1 Å². The molecule has 1 aromatic rings. The largest absolute Gasteiger partial charge is 0.476 e. The van der Waals surface area contributed by atoms with Gasteiger partial charge < -0.3 is 5.11 Å². The van der Waals surface area contributed by atoms with Gasteiger partial charge in [0.1, 0.15) is 4.90 Å². The lowest BCUT2D eigenvalue weighted by Gasteiger charge is -2.22. The van der Waals surface area contributed by atoms with E-state index in [1.165, 1.54) is 11.2 Å². The lowest BCUT2D eigenvalue weighted by atomic mass is 10.1. The smallest absolute Gasteiger partial charge is 0.357 e. The van der Waals surface area contributed by atoms with Gasteiger partial charge in [0.2, 0.25) is 10.0 Å². The van der Waals surface area contributed by atoms with Crippen molar-refractivity contribution in [3.63, 3.8) is 0 Å². The molecule has 2 N–H and O–H groups in total. The molecule has 0 aromatic carbocycles. The Bertz CT molecular complexity index is 632. The average molecular weight is 315 g/mol. The van der Waals surface area contributed by atoms with Crippen molar-refractivity contribution in [1.29, 1.82) is 0 Å². The van der Waals surface area contributed by atoms with Gasteiger partial charge in [-0.15, -0.1) is 0 Å². The van der Waals surface area contributed by atoms with Gasteiger partial charge in [0, 0.05) is 12.6 Å². The Balaban J connectivity index is 2.39. The van der Waals surface area contributed by atoms with Crippen molar-refractivity contribution in [1.82, 2.24) is 14.5 Å². The summed E-state index contributed by atoms with van der Waals surface area (Å²) in [6.45, 7) is 6.00. The van der Waals surface area contributed by atoms with Crippen LogP contribution in [0.5, 0.6) is 0 Å². The van der Waals surface area contributed by atoms with Crippen LogP contribution in [0.25, 0.3) is 0 Å². The maximum Gasteiger partial charge on any atom is 0.357 e. The minimum Gasteiger partial charge on any atom is -0.476 e. The Labute approximate surface area is 124 Å². The number of rotatable bonds is 7. The van der Waals surface area contributed by atoms with E-state index in [-0.39, 0.29) is 16.6 Å². The summed E-state index contributed by atoms with van der Waals surface area (Å²) in [5.41, 5.74) is -0.162. The Morgan fingerprint density at radius 2 is 2.10 bits per heavy atom. The molecule has 1 saturated carbocycles. The van der Waals surface area contributed by atoms with E-state index < -0.39 is 21.7 Å². The molecule has 0 saturated heterocycles. The first-order chi connectivity index (χ1) is 9.75. The van der Waals surface area contributed by atoms with Crippen molar-refractivity contribution in [2.75, 3.05) is 6.54 Å². The summed E-state index contributed by atoms with van der Waals surface area (Å²) >= 11 is 0. The summed E-state index contributed by atoms with van der Waals surface area (Å²) in [6.07, 6.45) is 2.41. The normalized spacial score (nSPS) is 15.9. The van der Waals surface area contributed by atoms with Gasteiger partial charge in [0.05, 0.1) is 5.69 Å². The lowest BCUT2D eigenvalue weighted by molar-refractivity contribution is 0.0686. The van der Waals surface area contributed by atoms with Crippen molar-refractivity contribution < 1.29 is 18.3 Å². The van der Waals surface area contributed by atoms with Gasteiger partial charge in [0.15, 0.2) is 5.69 Å². The fourth-order valence-electron chi connectivity index (χ4n) is 2.24. The van der Waals surface area contributed by atoms with E-state index in [2.05, 4.69) is 10.2 Å². The molecule has 2 rings (SSSR count).